The molecule has 6 heteroatoms. The SMILES string of the molecule is CC(NCC(=O)N1CCCC1)c1ccc([N+](=O)[O-])cc1. The second-order valence-corrected chi connectivity index (χ2v) is 5.04. The van der Waals surface area contributed by atoms with Crippen LogP contribution in [0.1, 0.15) is 31.4 Å². The van der Waals surface area contributed by atoms with Crippen molar-refractivity contribution in [3.63, 3.8) is 0 Å². The zero-order valence-electron chi connectivity index (χ0n) is 11.5. The number of nitro benzene ring substituents is 1. The van der Waals surface area contributed by atoms with Crippen molar-refractivity contribution in [1.82, 2.24) is 10.2 Å². The van der Waals surface area contributed by atoms with Crippen LogP contribution in [0.25, 0.3) is 0 Å². The predicted octanol–water partition coefficient (Wildman–Crippen LogP) is 1.87. The fourth-order valence-corrected chi connectivity index (χ4v) is 2.32. The summed E-state index contributed by atoms with van der Waals surface area (Å²) in [7, 11) is 0. The Labute approximate surface area is 117 Å². The number of nitro groups is 1. The normalized spacial score (nSPS) is 16.1. The summed E-state index contributed by atoms with van der Waals surface area (Å²) in [5, 5.41) is 13.7. The van der Waals surface area contributed by atoms with Crippen molar-refractivity contribution in [1.29, 1.82) is 0 Å². The topological polar surface area (TPSA) is 75.5 Å². The van der Waals surface area contributed by atoms with Crippen LogP contribution in [0.15, 0.2) is 24.3 Å². The number of carbonyl (C=O) groups is 1. The molecule has 1 N–H and O–H groups in total. The van der Waals surface area contributed by atoms with Gasteiger partial charge in [-0.3, -0.25) is 14.9 Å². The first-order chi connectivity index (χ1) is 9.58. The lowest BCUT2D eigenvalue weighted by Crippen LogP contribution is -2.37. The van der Waals surface area contributed by atoms with E-state index >= 15 is 0 Å². The van der Waals surface area contributed by atoms with E-state index in [1.54, 1.807) is 12.1 Å². The fourth-order valence-electron chi connectivity index (χ4n) is 2.32. The molecule has 1 amide bonds. The van der Waals surface area contributed by atoms with E-state index in [1.165, 1.54) is 12.1 Å². The quantitative estimate of drug-likeness (QED) is 0.658. The Morgan fingerprint density at radius 1 is 1.35 bits per heavy atom. The molecule has 1 unspecified atom stereocenters. The third-order valence-electron chi connectivity index (χ3n) is 3.62. The number of amides is 1. The number of carbonyl (C=O) groups excluding carboxylic acids is 1. The van der Waals surface area contributed by atoms with Gasteiger partial charge in [0.05, 0.1) is 11.5 Å². The molecule has 1 fully saturated rings. The second-order valence-electron chi connectivity index (χ2n) is 5.04. The third kappa shape index (κ3) is 3.54. The molecule has 6 nitrogen and oxygen atoms in total. The average molecular weight is 277 g/mol. The number of likely N-dealkylation sites (tertiary alicyclic amines) is 1. The molecule has 1 atom stereocenters. The highest BCUT2D eigenvalue weighted by Crippen LogP contribution is 2.17. The molecule has 1 heterocycles. The van der Waals surface area contributed by atoms with Gasteiger partial charge in [-0.2, -0.15) is 0 Å². The van der Waals surface area contributed by atoms with E-state index < -0.39 is 4.92 Å². The monoisotopic (exact) mass is 277 g/mol. The van der Waals surface area contributed by atoms with Gasteiger partial charge in [0.2, 0.25) is 5.91 Å². The third-order valence-corrected chi connectivity index (χ3v) is 3.62. The summed E-state index contributed by atoms with van der Waals surface area (Å²) < 4.78 is 0. The number of hydrogen-bond donors (Lipinski definition) is 1. The van der Waals surface area contributed by atoms with Crippen molar-refractivity contribution in [2.45, 2.75) is 25.8 Å². The molecule has 1 aromatic rings. The fraction of sp³-hybridized carbons (Fsp3) is 0.500. The van der Waals surface area contributed by atoms with Crippen molar-refractivity contribution in [3.8, 4) is 0 Å². The lowest BCUT2D eigenvalue weighted by molar-refractivity contribution is -0.384. The van der Waals surface area contributed by atoms with Gasteiger partial charge in [0.25, 0.3) is 5.69 Å². The number of nitrogens with one attached hydrogen (secondary N) is 1. The minimum atomic E-state index is -0.418. The van der Waals surface area contributed by atoms with Crippen molar-refractivity contribution in [2.24, 2.45) is 0 Å². The van der Waals surface area contributed by atoms with Crippen LogP contribution in [0.3, 0.4) is 0 Å². The van der Waals surface area contributed by atoms with Gasteiger partial charge >= 0.3 is 0 Å². The first-order valence-electron chi connectivity index (χ1n) is 6.83. The molecule has 2 rings (SSSR count). The summed E-state index contributed by atoms with van der Waals surface area (Å²) in [5.74, 6) is 0.122. The highest BCUT2D eigenvalue weighted by Gasteiger charge is 2.18. The van der Waals surface area contributed by atoms with Crippen LogP contribution < -0.4 is 5.32 Å². The molecule has 1 aliphatic heterocycles. The maximum Gasteiger partial charge on any atom is 0.269 e. The molecular formula is C14H19N3O3. The highest BCUT2D eigenvalue weighted by molar-refractivity contribution is 5.78. The van der Waals surface area contributed by atoms with Crippen LogP contribution in [0.4, 0.5) is 5.69 Å². The Bertz CT molecular complexity index is 481. The second kappa shape index (κ2) is 6.47. The molecule has 0 radical (unpaired) electrons. The Balaban J connectivity index is 1.86. The summed E-state index contributed by atoms with van der Waals surface area (Å²) >= 11 is 0. The molecule has 1 aromatic carbocycles. The van der Waals surface area contributed by atoms with Gasteiger partial charge in [0.1, 0.15) is 0 Å². The van der Waals surface area contributed by atoms with E-state index in [9.17, 15) is 14.9 Å². The maximum absolute atomic E-state index is 11.9. The molecule has 20 heavy (non-hydrogen) atoms. The smallest absolute Gasteiger partial charge is 0.269 e. The van der Waals surface area contributed by atoms with E-state index in [2.05, 4.69) is 5.32 Å². The minimum Gasteiger partial charge on any atom is -0.342 e. The Morgan fingerprint density at radius 2 is 1.95 bits per heavy atom. The van der Waals surface area contributed by atoms with Gasteiger partial charge in [-0.1, -0.05) is 12.1 Å². The number of rotatable bonds is 5. The van der Waals surface area contributed by atoms with Gasteiger partial charge in [0, 0.05) is 31.3 Å². The maximum atomic E-state index is 11.9. The van der Waals surface area contributed by atoms with Crippen molar-refractivity contribution >= 4 is 11.6 Å². The number of non-ortho nitro benzene ring substituents is 1. The molecular weight excluding hydrogens is 258 g/mol. The van der Waals surface area contributed by atoms with Gasteiger partial charge < -0.3 is 10.2 Å². The van der Waals surface area contributed by atoms with Crippen LogP contribution >= 0.6 is 0 Å². The van der Waals surface area contributed by atoms with Crippen LogP contribution in [-0.2, 0) is 4.79 Å². The molecule has 0 bridgehead atoms. The summed E-state index contributed by atoms with van der Waals surface area (Å²) in [5.41, 5.74) is 1.01. The lowest BCUT2D eigenvalue weighted by Gasteiger charge is -2.18. The summed E-state index contributed by atoms with van der Waals surface area (Å²) in [6.07, 6.45) is 2.17. The molecule has 0 aliphatic carbocycles. The van der Waals surface area contributed by atoms with E-state index in [4.69, 9.17) is 0 Å². The van der Waals surface area contributed by atoms with Gasteiger partial charge in [-0.05, 0) is 25.3 Å². The molecule has 0 aromatic heterocycles. The van der Waals surface area contributed by atoms with E-state index in [0.29, 0.717) is 6.54 Å². The largest absolute Gasteiger partial charge is 0.342 e. The van der Waals surface area contributed by atoms with E-state index in [1.807, 2.05) is 11.8 Å². The number of nitrogens with zero attached hydrogens (tertiary/aromatic N) is 2. The molecule has 108 valence electrons. The van der Waals surface area contributed by atoms with Crippen molar-refractivity contribution < 1.29 is 9.72 Å². The van der Waals surface area contributed by atoms with Gasteiger partial charge in [0.15, 0.2) is 0 Å². The molecule has 1 aliphatic rings. The number of hydrogen-bond acceptors (Lipinski definition) is 4. The predicted molar refractivity (Wildman–Crippen MR) is 75.3 cm³/mol. The average Bonchev–Trinajstić information content (AvgIpc) is 2.98. The summed E-state index contributed by atoms with van der Waals surface area (Å²) in [6.45, 7) is 3.95. The van der Waals surface area contributed by atoms with Gasteiger partial charge in [-0.25, -0.2) is 0 Å². The first-order valence-corrected chi connectivity index (χ1v) is 6.83. The van der Waals surface area contributed by atoms with Crippen LogP contribution in [0, 0.1) is 10.1 Å². The Kier molecular flexibility index (Phi) is 4.68. The molecule has 0 spiro atoms. The van der Waals surface area contributed by atoms with Crippen LogP contribution in [0.5, 0.6) is 0 Å². The van der Waals surface area contributed by atoms with E-state index in [-0.39, 0.29) is 17.6 Å². The lowest BCUT2D eigenvalue weighted by atomic mass is 10.1. The van der Waals surface area contributed by atoms with Crippen molar-refractivity contribution in [3.05, 3.63) is 39.9 Å². The highest BCUT2D eigenvalue weighted by atomic mass is 16.6. The zero-order valence-corrected chi connectivity index (χ0v) is 11.5. The van der Waals surface area contributed by atoms with Crippen LogP contribution in [0.2, 0.25) is 0 Å². The molecule has 0 saturated carbocycles. The van der Waals surface area contributed by atoms with Crippen molar-refractivity contribution in [2.75, 3.05) is 19.6 Å². The summed E-state index contributed by atoms with van der Waals surface area (Å²) in [6, 6.07) is 6.39. The Morgan fingerprint density at radius 3 is 2.50 bits per heavy atom. The summed E-state index contributed by atoms with van der Waals surface area (Å²) in [4.78, 5) is 23.9. The minimum absolute atomic E-state index is 0.0117. The zero-order chi connectivity index (χ0) is 14.5. The standard InChI is InChI=1S/C14H19N3O3/c1-11(12-4-6-13(7-5-12)17(19)20)15-10-14(18)16-8-2-3-9-16/h4-7,11,15H,2-3,8-10H2,1H3. The van der Waals surface area contributed by atoms with Gasteiger partial charge in [-0.15, -0.1) is 0 Å². The van der Waals surface area contributed by atoms with Crippen LogP contribution in [-0.4, -0.2) is 35.4 Å². The first kappa shape index (κ1) is 14.5. The van der Waals surface area contributed by atoms with E-state index in [0.717, 1.165) is 31.5 Å². The molecule has 1 saturated heterocycles. The number of benzene rings is 1. The Hall–Kier alpha value is -1.95.